The quantitative estimate of drug-likeness (QED) is 0.446. The van der Waals surface area contributed by atoms with Gasteiger partial charge in [-0.3, -0.25) is 4.79 Å². The number of halogens is 1. The topological polar surface area (TPSA) is 77.8 Å². The molecule has 1 aliphatic heterocycles. The molecule has 1 aliphatic rings. The maximum Gasteiger partial charge on any atom is 0.344 e. The fourth-order valence-corrected chi connectivity index (χ4v) is 4.11. The normalized spacial score (nSPS) is 16.9. The summed E-state index contributed by atoms with van der Waals surface area (Å²) in [5, 5.41) is 4.06. The van der Waals surface area contributed by atoms with Crippen LogP contribution in [0.25, 0.3) is 11.0 Å². The first-order valence-electron chi connectivity index (χ1n) is 9.98. The first-order valence-corrected chi connectivity index (χ1v) is 10.4. The van der Waals surface area contributed by atoms with Crippen LogP contribution >= 0.6 is 11.6 Å². The zero-order chi connectivity index (χ0) is 22.2. The van der Waals surface area contributed by atoms with Gasteiger partial charge in [-0.25, -0.2) is 4.79 Å². The number of carbonyl (C=O) groups excluding carboxylic acids is 1. The van der Waals surface area contributed by atoms with E-state index in [0.29, 0.717) is 38.7 Å². The van der Waals surface area contributed by atoms with Crippen molar-refractivity contribution in [3.8, 4) is 11.5 Å². The van der Waals surface area contributed by atoms with Gasteiger partial charge in [-0.05, 0) is 54.1 Å². The van der Waals surface area contributed by atoms with Gasteiger partial charge in [0.15, 0.2) is 6.10 Å². The lowest BCUT2D eigenvalue weighted by Crippen LogP contribution is -2.35. The largest absolute Gasteiger partial charge is 0.497 e. The number of anilines is 1. The molecule has 0 saturated carbocycles. The Bertz CT molecular complexity index is 1360. The van der Waals surface area contributed by atoms with Gasteiger partial charge in [0, 0.05) is 10.7 Å². The second-order valence-electron chi connectivity index (χ2n) is 7.41. The number of amides is 1. The van der Waals surface area contributed by atoms with E-state index in [2.05, 4.69) is 5.32 Å². The summed E-state index contributed by atoms with van der Waals surface area (Å²) >= 11 is 6.06. The van der Waals surface area contributed by atoms with Crippen LogP contribution in [0.4, 0.5) is 5.69 Å². The average molecular weight is 448 g/mol. The summed E-state index contributed by atoms with van der Waals surface area (Å²) in [5.74, 6) is 0.0125. The van der Waals surface area contributed by atoms with E-state index >= 15 is 0 Å². The highest BCUT2D eigenvalue weighted by atomic mass is 35.5. The van der Waals surface area contributed by atoms with Crippen LogP contribution in [0.15, 0.2) is 82.0 Å². The van der Waals surface area contributed by atoms with Crippen LogP contribution < -0.4 is 20.4 Å². The zero-order valence-corrected chi connectivity index (χ0v) is 17.8. The molecule has 1 amide bonds. The molecule has 1 N–H and O–H groups in total. The van der Waals surface area contributed by atoms with Crippen molar-refractivity contribution in [2.24, 2.45) is 0 Å². The van der Waals surface area contributed by atoms with Crippen molar-refractivity contribution in [2.75, 3.05) is 12.4 Å². The maximum atomic E-state index is 13.3. The van der Waals surface area contributed by atoms with E-state index in [-0.39, 0.29) is 5.91 Å². The lowest BCUT2D eigenvalue weighted by atomic mass is 9.88. The number of hydrogen-bond acceptors (Lipinski definition) is 5. The summed E-state index contributed by atoms with van der Waals surface area (Å²) < 4.78 is 16.9. The number of ether oxygens (including phenoxy) is 2. The van der Waals surface area contributed by atoms with Crippen molar-refractivity contribution in [2.45, 2.75) is 12.0 Å². The number of benzene rings is 3. The third-order valence-electron chi connectivity index (χ3n) is 5.50. The number of para-hydroxylation sites is 1. The Kier molecular flexibility index (Phi) is 5.07. The molecular formula is C25H18ClNO5. The fourth-order valence-electron chi connectivity index (χ4n) is 3.98. The summed E-state index contributed by atoms with van der Waals surface area (Å²) in [7, 11) is 1.57. The molecule has 160 valence electrons. The van der Waals surface area contributed by atoms with Gasteiger partial charge in [0.1, 0.15) is 17.1 Å². The molecule has 0 saturated heterocycles. The van der Waals surface area contributed by atoms with Crippen molar-refractivity contribution in [1.82, 2.24) is 0 Å². The predicted molar refractivity (Wildman–Crippen MR) is 122 cm³/mol. The smallest absolute Gasteiger partial charge is 0.344 e. The van der Waals surface area contributed by atoms with Gasteiger partial charge >= 0.3 is 5.63 Å². The molecule has 4 aromatic rings. The molecule has 3 aromatic carbocycles. The van der Waals surface area contributed by atoms with Crippen molar-refractivity contribution in [3.05, 3.63) is 99.4 Å². The van der Waals surface area contributed by atoms with Gasteiger partial charge in [0.2, 0.25) is 0 Å². The third-order valence-corrected chi connectivity index (χ3v) is 5.75. The minimum Gasteiger partial charge on any atom is -0.497 e. The summed E-state index contributed by atoms with van der Waals surface area (Å²) in [6.45, 7) is 0. The standard InChI is InChI=1S/C25H18ClNO5/c1-30-17-12-10-16(11-13-17)27-24(28)23-20(14-6-8-15(26)9-7-14)21-22(32-23)18-4-2-3-5-19(18)31-25(21)29/h2-13,20,23H,1H3,(H,27,28)/t20-,23-/m1/s1. The van der Waals surface area contributed by atoms with Gasteiger partial charge < -0.3 is 19.2 Å². The van der Waals surface area contributed by atoms with Crippen molar-refractivity contribution in [1.29, 1.82) is 0 Å². The molecule has 7 heteroatoms. The van der Waals surface area contributed by atoms with E-state index in [4.69, 9.17) is 25.5 Å². The van der Waals surface area contributed by atoms with Crippen LogP contribution in [0.5, 0.6) is 11.5 Å². The lowest BCUT2D eigenvalue weighted by molar-refractivity contribution is -0.122. The molecule has 0 aliphatic carbocycles. The van der Waals surface area contributed by atoms with Crippen molar-refractivity contribution < 1.29 is 18.7 Å². The SMILES string of the molecule is COc1ccc(NC(=O)[C@@H]2Oc3c(c(=O)oc4ccccc34)[C@H]2c2ccc(Cl)cc2)cc1. The molecule has 32 heavy (non-hydrogen) atoms. The summed E-state index contributed by atoms with van der Waals surface area (Å²) in [6.07, 6.45) is -0.970. The molecule has 0 unspecified atom stereocenters. The van der Waals surface area contributed by atoms with E-state index in [1.165, 1.54) is 0 Å². The number of methoxy groups -OCH3 is 1. The number of rotatable bonds is 4. The molecular weight excluding hydrogens is 430 g/mol. The molecule has 2 atom stereocenters. The Morgan fingerprint density at radius 1 is 1.00 bits per heavy atom. The highest BCUT2D eigenvalue weighted by molar-refractivity contribution is 6.30. The summed E-state index contributed by atoms with van der Waals surface area (Å²) in [6, 6.07) is 21.1. The van der Waals surface area contributed by atoms with Crippen LogP contribution in [-0.2, 0) is 4.79 Å². The molecule has 0 fully saturated rings. The molecule has 5 rings (SSSR count). The summed E-state index contributed by atoms with van der Waals surface area (Å²) in [5.41, 5.74) is 1.51. The molecule has 2 heterocycles. The monoisotopic (exact) mass is 447 g/mol. The Morgan fingerprint density at radius 3 is 2.44 bits per heavy atom. The predicted octanol–water partition coefficient (Wildman–Crippen LogP) is 4.99. The van der Waals surface area contributed by atoms with Crippen LogP contribution in [0.3, 0.4) is 0 Å². The zero-order valence-electron chi connectivity index (χ0n) is 17.0. The maximum absolute atomic E-state index is 13.3. The van der Waals surface area contributed by atoms with E-state index < -0.39 is 17.6 Å². The minimum atomic E-state index is -0.970. The highest BCUT2D eigenvalue weighted by Gasteiger charge is 2.44. The van der Waals surface area contributed by atoms with Gasteiger partial charge in [-0.15, -0.1) is 0 Å². The van der Waals surface area contributed by atoms with E-state index in [1.54, 1.807) is 73.8 Å². The molecule has 0 radical (unpaired) electrons. The Hall–Kier alpha value is -3.77. The van der Waals surface area contributed by atoms with E-state index in [9.17, 15) is 9.59 Å². The minimum absolute atomic E-state index is 0.320. The van der Waals surface area contributed by atoms with Gasteiger partial charge in [-0.1, -0.05) is 35.9 Å². The van der Waals surface area contributed by atoms with Gasteiger partial charge in [0.25, 0.3) is 5.91 Å². The molecule has 6 nitrogen and oxygen atoms in total. The lowest BCUT2D eigenvalue weighted by Gasteiger charge is -2.19. The number of nitrogens with one attached hydrogen (secondary N) is 1. The fraction of sp³-hybridized carbons (Fsp3) is 0.120. The number of hydrogen-bond donors (Lipinski definition) is 1. The van der Waals surface area contributed by atoms with Gasteiger partial charge in [0.05, 0.1) is 24.0 Å². The van der Waals surface area contributed by atoms with Crippen LogP contribution in [-0.4, -0.2) is 19.1 Å². The third kappa shape index (κ3) is 3.48. The average Bonchev–Trinajstić information content (AvgIpc) is 3.22. The Balaban J connectivity index is 1.59. The van der Waals surface area contributed by atoms with E-state index in [1.807, 2.05) is 6.07 Å². The summed E-state index contributed by atoms with van der Waals surface area (Å²) in [4.78, 5) is 26.3. The molecule has 0 bridgehead atoms. The Labute approximate surface area is 188 Å². The van der Waals surface area contributed by atoms with Crippen molar-refractivity contribution in [3.63, 3.8) is 0 Å². The first kappa shape index (κ1) is 20.2. The van der Waals surface area contributed by atoms with Crippen molar-refractivity contribution >= 4 is 34.2 Å². The highest BCUT2D eigenvalue weighted by Crippen LogP contribution is 2.44. The van der Waals surface area contributed by atoms with Crippen LogP contribution in [0.1, 0.15) is 17.0 Å². The second kappa shape index (κ2) is 8.05. The number of carbonyl (C=O) groups is 1. The molecule has 1 aromatic heterocycles. The first-order chi connectivity index (χ1) is 15.5. The van der Waals surface area contributed by atoms with Crippen LogP contribution in [0.2, 0.25) is 5.02 Å². The Morgan fingerprint density at radius 2 is 1.72 bits per heavy atom. The van der Waals surface area contributed by atoms with Gasteiger partial charge in [-0.2, -0.15) is 0 Å². The number of fused-ring (bicyclic) bond motifs is 3. The second-order valence-corrected chi connectivity index (χ2v) is 7.85. The van der Waals surface area contributed by atoms with E-state index in [0.717, 1.165) is 5.56 Å². The molecule has 0 spiro atoms. The van der Waals surface area contributed by atoms with Crippen LogP contribution in [0, 0.1) is 0 Å².